The lowest BCUT2D eigenvalue weighted by molar-refractivity contribution is -0.142. The average molecular weight is 993 g/mol. The number of nitrogens with zero attached hydrogens (tertiary/aromatic N) is 3. The lowest BCUT2D eigenvalue weighted by Crippen LogP contribution is -2.63. The van der Waals surface area contributed by atoms with Crippen LogP contribution in [-0.4, -0.2) is 144 Å². The number of likely N-dealkylation sites (tertiary alicyclic amines) is 1. The summed E-state index contributed by atoms with van der Waals surface area (Å²) < 4.78 is 23.0. The Morgan fingerprint density at radius 1 is 1.10 bits per heavy atom. The molecule has 5 amide bonds. The Bertz CT molecular complexity index is 2300. The Labute approximate surface area is 415 Å². The number of methoxy groups -OCH3 is 2. The molecule has 1 spiro atoms. The van der Waals surface area contributed by atoms with E-state index in [0.29, 0.717) is 43.7 Å². The number of rotatable bonds is 13. The highest BCUT2D eigenvalue weighted by atomic mass is 35.5. The van der Waals surface area contributed by atoms with Gasteiger partial charge in [0.15, 0.2) is 19.4 Å². The molecule has 3 saturated heterocycles. The molecule has 19 heteroatoms. The van der Waals surface area contributed by atoms with Crippen LogP contribution < -0.4 is 15.0 Å². The van der Waals surface area contributed by atoms with E-state index < -0.39 is 69.5 Å². The van der Waals surface area contributed by atoms with Crippen molar-refractivity contribution in [2.24, 2.45) is 29.6 Å². The zero-order valence-corrected chi connectivity index (χ0v) is 42.7. The van der Waals surface area contributed by atoms with Gasteiger partial charge in [0.05, 0.1) is 41.8 Å². The number of ketones is 1. The number of thioether (sulfide) groups is 1. The summed E-state index contributed by atoms with van der Waals surface area (Å²) in [7, 11) is 11.6. The number of allylic oxidation sites excluding steroid dienone is 3. The van der Waals surface area contributed by atoms with Crippen LogP contribution in [0.5, 0.6) is 5.75 Å². The first-order valence-electron chi connectivity index (χ1n) is 23.9. The van der Waals surface area contributed by atoms with Crippen LogP contribution in [-0.2, 0) is 49.4 Å². The van der Waals surface area contributed by atoms with Crippen LogP contribution in [0.2, 0.25) is 5.02 Å². The molecule has 5 fully saturated rings. The molecule has 4 heterocycles. The van der Waals surface area contributed by atoms with Crippen molar-refractivity contribution in [3.63, 3.8) is 0 Å². The van der Waals surface area contributed by atoms with Crippen LogP contribution in [0.25, 0.3) is 0 Å². The number of ether oxygens (including phenoxy) is 4. The molecule has 7 rings (SSSR count). The summed E-state index contributed by atoms with van der Waals surface area (Å²) in [6, 6.07) is 2.71. The number of imide groups is 1. The molecule has 16 nitrogen and oxygen atoms in total. The number of hydrogen-bond acceptors (Lipinski definition) is 13. The zero-order valence-electron chi connectivity index (χ0n) is 41.1. The summed E-state index contributed by atoms with van der Waals surface area (Å²) in [4.78, 5) is 98.5. The Morgan fingerprint density at radius 2 is 1.80 bits per heavy atom. The van der Waals surface area contributed by atoms with Gasteiger partial charge in [-0.2, -0.15) is 0 Å². The predicted molar refractivity (Wildman–Crippen MR) is 260 cm³/mol. The minimum atomic E-state index is -1.86. The van der Waals surface area contributed by atoms with Gasteiger partial charge >= 0.3 is 6.09 Å². The predicted octanol–water partition coefficient (Wildman–Crippen LogP) is 5.32. The number of carbonyl (C=O) groups excluding carboxylic acids is 7. The number of carbonyl (C=O) groups is 7. The van der Waals surface area contributed by atoms with Gasteiger partial charge in [-0.15, -0.1) is 11.8 Å². The fourth-order valence-corrected chi connectivity index (χ4v) is 12.8. The van der Waals surface area contributed by atoms with Crippen molar-refractivity contribution in [3.8, 4) is 5.75 Å². The van der Waals surface area contributed by atoms with Gasteiger partial charge < -0.3 is 38.6 Å². The number of amides is 5. The minimum Gasteiger partial charge on any atom is -0.495 e. The van der Waals surface area contributed by atoms with Crippen molar-refractivity contribution in [2.75, 3.05) is 39.8 Å². The van der Waals surface area contributed by atoms with Crippen molar-refractivity contribution < 1.29 is 57.6 Å². The highest BCUT2D eigenvalue weighted by Gasteiger charge is 2.84. The summed E-state index contributed by atoms with van der Waals surface area (Å²) in [5.41, 5.74) is -1.11. The maximum atomic E-state index is 14.7. The molecule has 1 aromatic rings. The van der Waals surface area contributed by atoms with Crippen LogP contribution >= 0.6 is 23.4 Å². The van der Waals surface area contributed by atoms with Crippen LogP contribution in [0.3, 0.4) is 0 Å². The molecule has 1 aromatic carbocycles. The first-order valence-corrected chi connectivity index (χ1v) is 25.2. The van der Waals surface area contributed by atoms with E-state index in [2.05, 4.69) is 5.32 Å². The number of Topliss-reactive ketones (excluding diaryl/α,β-unsaturated/α-hetero) is 1. The van der Waals surface area contributed by atoms with E-state index in [4.69, 9.17) is 38.4 Å². The van der Waals surface area contributed by atoms with E-state index in [1.54, 1.807) is 39.2 Å². The van der Waals surface area contributed by atoms with Gasteiger partial charge in [-0.3, -0.25) is 34.2 Å². The number of epoxide rings is 1. The van der Waals surface area contributed by atoms with E-state index >= 15 is 0 Å². The molecular weight excluding hydrogens is 927 g/mol. The maximum absolute atomic E-state index is 14.7. The molecule has 2 N–H and O–H groups in total. The van der Waals surface area contributed by atoms with E-state index in [1.807, 2.05) is 39.8 Å². The first-order chi connectivity index (χ1) is 32.4. The number of nitrogens with one attached hydrogen (secondary N) is 1. The Kier molecular flexibility index (Phi) is 15.6. The van der Waals surface area contributed by atoms with Crippen molar-refractivity contribution in [1.82, 2.24) is 15.1 Å². The summed E-state index contributed by atoms with van der Waals surface area (Å²) >= 11 is 8.21. The molecule has 2 radical (unpaired) electrons. The summed E-state index contributed by atoms with van der Waals surface area (Å²) in [6.45, 7) is 9.59. The SMILES string of the molecule is [B]C(=O)C1CCC(CN2C(=O)CC(SC(C)(C)CCC(=O)N(C)[C@@H](C)C(=O)C3C4CC(=O)N(C)c5cc(cc(OC)c5Cl)C/C(C)=C/C=C/[C@@H](OC)[C@@]5(O)C[C@H](OC(=O)N5)[C@@H](C)[C@@H]5O[C@]435)C2=O)CC1. The summed E-state index contributed by atoms with van der Waals surface area (Å²) in [5, 5.41) is 14.1. The van der Waals surface area contributed by atoms with Crippen molar-refractivity contribution in [2.45, 2.75) is 145 Å². The number of likely N-dealkylation sites (N-methyl/N-ethyl adjacent to an activating group) is 1. The molecule has 6 aliphatic rings. The second-order valence-electron chi connectivity index (χ2n) is 20.7. The number of benzene rings is 1. The molecule has 2 saturated carbocycles. The number of alkyl carbamates (subject to hydrolysis) is 1. The van der Waals surface area contributed by atoms with Crippen molar-refractivity contribution >= 4 is 78.1 Å². The first kappa shape index (κ1) is 52.6. The largest absolute Gasteiger partial charge is 0.495 e. The second-order valence-corrected chi connectivity index (χ2v) is 23.0. The molecule has 3 unspecified atom stereocenters. The highest BCUT2D eigenvalue weighted by molar-refractivity contribution is 8.02. The normalized spacial score (nSPS) is 34.3. The minimum absolute atomic E-state index is 0.0642. The smallest absolute Gasteiger partial charge is 0.409 e. The third-order valence-corrected chi connectivity index (χ3v) is 17.4. The monoisotopic (exact) mass is 992 g/mol. The highest BCUT2D eigenvalue weighted by Crippen LogP contribution is 2.71. The summed E-state index contributed by atoms with van der Waals surface area (Å²) in [6.07, 6.45) is 5.48. The van der Waals surface area contributed by atoms with Gasteiger partial charge in [0.25, 0.3) is 0 Å². The fraction of sp³-hybridized carbons (Fsp3) is 0.660. The van der Waals surface area contributed by atoms with Crippen LogP contribution in [0.1, 0.15) is 98.0 Å². The Balaban J connectivity index is 1.06. The van der Waals surface area contributed by atoms with Crippen molar-refractivity contribution in [1.29, 1.82) is 0 Å². The van der Waals surface area contributed by atoms with E-state index in [1.165, 1.54) is 40.7 Å². The van der Waals surface area contributed by atoms with Crippen LogP contribution in [0, 0.1) is 29.6 Å². The lowest BCUT2D eigenvalue weighted by atomic mass is 9.75. The van der Waals surface area contributed by atoms with E-state index in [0.717, 1.165) is 24.0 Å². The molecule has 4 aliphatic heterocycles. The number of halogens is 1. The molecule has 4 bridgehead atoms. The van der Waals surface area contributed by atoms with Gasteiger partial charge in [-0.1, -0.05) is 56.2 Å². The Hall–Kier alpha value is -4.23. The van der Waals surface area contributed by atoms with Gasteiger partial charge in [-0.25, -0.2) is 4.79 Å². The van der Waals surface area contributed by atoms with Gasteiger partial charge in [-0.05, 0) is 76.0 Å². The number of fused-ring (bicyclic) bond motifs is 4. The quantitative estimate of drug-likeness (QED) is 0.146. The van der Waals surface area contributed by atoms with Gasteiger partial charge in [0, 0.05) is 75.9 Å². The number of hydrogen-bond donors (Lipinski definition) is 2. The lowest BCUT2D eigenvalue weighted by Gasteiger charge is -2.41. The fourth-order valence-electron chi connectivity index (χ4n) is 11.1. The Morgan fingerprint density at radius 3 is 2.45 bits per heavy atom. The van der Waals surface area contributed by atoms with Crippen LogP contribution in [0.4, 0.5) is 10.5 Å². The number of anilines is 1. The molecule has 2 aliphatic carbocycles. The second kappa shape index (κ2) is 20.5. The van der Waals surface area contributed by atoms with Crippen LogP contribution in [0.15, 0.2) is 35.9 Å². The van der Waals surface area contributed by atoms with E-state index in [9.17, 15) is 38.7 Å². The topological polar surface area (TPSA) is 202 Å². The standard InChI is InChI=1S/C50H66BClN4O12S/c1-26-11-10-12-37(66-9)49(64)24-35(67-47(63)53-49)27(2)44-50(68-44)32(22-39(58)55(7)33-20-30(19-26)21-34(65-8)42(33)52)41(50)43(60)28(3)54(6)38(57)17-18-48(4,5)69-36-23-40(59)56(46(36)62)25-29-13-15-31(16-14-29)45(51)61/h10-12,20-21,27-29,31-32,35-37,41,44,64H,13-19,22-25H2,1-9H3,(H,53,63)/b12-10+,26-11+/t27-,28+,29?,31?,32?,35+,36?,37-,41?,44+,49+,50-/m1/s1. The molecular formula is C50H66BClN4O12S. The molecule has 374 valence electrons. The summed E-state index contributed by atoms with van der Waals surface area (Å²) in [5.74, 6) is -2.98. The van der Waals surface area contributed by atoms with Gasteiger partial charge in [0.2, 0.25) is 23.6 Å². The average Bonchev–Trinajstić information content (AvgIpc) is 4.17. The van der Waals surface area contributed by atoms with Gasteiger partial charge in [0.1, 0.15) is 28.6 Å². The third-order valence-electron chi connectivity index (χ3n) is 15.5. The van der Waals surface area contributed by atoms with E-state index in [-0.39, 0.29) is 77.6 Å². The maximum Gasteiger partial charge on any atom is 0.409 e. The van der Waals surface area contributed by atoms with Crippen molar-refractivity contribution in [3.05, 3.63) is 46.5 Å². The molecule has 10 atom stereocenters. The molecule has 69 heavy (non-hydrogen) atoms. The number of aliphatic hydroxyl groups is 1. The zero-order chi connectivity index (χ0) is 50.5. The third kappa shape index (κ3) is 10.8. The molecule has 0 aromatic heterocycles.